The fraction of sp³-hybridized carbons (Fsp3) is 0.0588. The van der Waals surface area contributed by atoms with Gasteiger partial charge in [0.1, 0.15) is 11.2 Å². The van der Waals surface area contributed by atoms with Crippen LogP contribution in [0.2, 0.25) is 0 Å². The Morgan fingerprint density at radius 3 is 2.56 bits per heavy atom. The molecule has 0 bridgehead atoms. The Morgan fingerprint density at radius 1 is 1.08 bits per heavy atom. The zero-order valence-electron chi connectivity index (χ0n) is 13.2. The van der Waals surface area contributed by atoms with E-state index in [0.29, 0.717) is 16.4 Å². The Hall–Kier alpha value is -2.71. The van der Waals surface area contributed by atoms with Crippen molar-refractivity contribution in [1.82, 2.24) is 14.8 Å². The summed E-state index contributed by atoms with van der Waals surface area (Å²) in [6.45, 7) is 0. The summed E-state index contributed by atoms with van der Waals surface area (Å²) in [5, 5.41) is 6.62. The van der Waals surface area contributed by atoms with Gasteiger partial charge in [-0.05, 0) is 30.3 Å². The van der Waals surface area contributed by atoms with Crippen LogP contribution in [0.5, 0.6) is 0 Å². The first-order valence-corrected chi connectivity index (χ1v) is 9.84. The average Bonchev–Trinajstić information content (AvgIpc) is 3.22. The summed E-state index contributed by atoms with van der Waals surface area (Å²) >= 11 is 1.42. The van der Waals surface area contributed by atoms with Crippen LogP contribution < -0.4 is 4.72 Å². The molecule has 8 heteroatoms. The van der Waals surface area contributed by atoms with E-state index in [1.165, 1.54) is 11.3 Å². The largest absolute Gasteiger partial charge is 0.280 e. The number of rotatable bonds is 4. The van der Waals surface area contributed by atoms with Crippen LogP contribution in [0.15, 0.2) is 65.1 Å². The number of anilines is 1. The van der Waals surface area contributed by atoms with E-state index in [2.05, 4.69) is 14.8 Å². The number of aryl methyl sites for hydroxylation is 1. The monoisotopic (exact) mass is 370 g/mol. The number of benzene rings is 2. The predicted molar refractivity (Wildman–Crippen MR) is 99.1 cm³/mol. The molecule has 0 aliphatic heterocycles. The second-order valence-corrected chi connectivity index (χ2v) is 8.08. The van der Waals surface area contributed by atoms with Gasteiger partial charge < -0.3 is 0 Å². The minimum Gasteiger partial charge on any atom is -0.280 e. The second-order valence-electron chi connectivity index (χ2n) is 5.52. The first-order chi connectivity index (χ1) is 12.0. The van der Waals surface area contributed by atoms with Gasteiger partial charge in [-0.1, -0.05) is 18.2 Å². The number of hydrogen-bond acceptors (Lipinski definition) is 5. The van der Waals surface area contributed by atoms with Crippen molar-refractivity contribution in [2.75, 3.05) is 4.72 Å². The summed E-state index contributed by atoms with van der Waals surface area (Å²) in [6.07, 6.45) is 1.62. The van der Waals surface area contributed by atoms with Crippen LogP contribution in [0.4, 0.5) is 5.69 Å². The topological polar surface area (TPSA) is 76.9 Å². The minimum absolute atomic E-state index is 0.295. The molecule has 2 aromatic carbocycles. The molecule has 0 fully saturated rings. The molecule has 0 atom stereocenters. The molecule has 25 heavy (non-hydrogen) atoms. The lowest BCUT2D eigenvalue weighted by Crippen LogP contribution is -2.12. The maximum Gasteiger partial charge on any atom is 0.263 e. The Balaban J connectivity index is 1.63. The van der Waals surface area contributed by atoms with E-state index in [0.717, 1.165) is 15.6 Å². The molecule has 0 amide bonds. The molecule has 4 aromatic rings. The molecule has 126 valence electrons. The SMILES string of the molecule is Cn1cnc(-c2ccc(NS(=O)(=O)c3csc4ccccc34)cc2)n1. The number of aromatic nitrogens is 3. The van der Waals surface area contributed by atoms with Crippen LogP contribution in [0.1, 0.15) is 0 Å². The lowest BCUT2D eigenvalue weighted by Gasteiger charge is -2.07. The van der Waals surface area contributed by atoms with Gasteiger partial charge in [-0.15, -0.1) is 11.3 Å². The predicted octanol–water partition coefficient (Wildman–Crippen LogP) is 3.50. The molecule has 0 spiro atoms. The van der Waals surface area contributed by atoms with Gasteiger partial charge in [0.15, 0.2) is 5.82 Å². The number of sulfonamides is 1. The molecule has 1 N–H and O–H groups in total. The first-order valence-electron chi connectivity index (χ1n) is 7.48. The molecule has 0 aliphatic rings. The molecule has 0 saturated heterocycles. The zero-order chi connectivity index (χ0) is 17.4. The van der Waals surface area contributed by atoms with Crippen molar-refractivity contribution in [3.63, 3.8) is 0 Å². The zero-order valence-corrected chi connectivity index (χ0v) is 14.9. The molecular weight excluding hydrogens is 356 g/mol. The van der Waals surface area contributed by atoms with Gasteiger partial charge in [-0.2, -0.15) is 5.10 Å². The van der Waals surface area contributed by atoms with E-state index in [1.807, 2.05) is 24.3 Å². The number of nitrogens with zero attached hydrogens (tertiary/aromatic N) is 3. The second kappa shape index (κ2) is 5.98. The molecule has 0 aliphatic carbocycles. The summed E-state index contributed by atoms with van der Waals surface area (Å²) in [4.78, 5) is 4.47. The normalized spacial score (nSPS) is 11.7. The lowest BCUT2D eigenvalue weighted by molar-refractivity contribution is 0.602. The number of nitrogens with one attached hydrogen (secondary N) is 1. The van der Waals surface area contributed by atoms with Crippen LogP contribution in [0.3, 0.4) is 0 Å². The molecule has 0 radical (unpaired) electrons. The standard InChI is InChI=1S/C17H14N4O2S2/c1-21-11-18-17(19-21)12-6-8-13(9-7-12)20-25(22,23)16-10-24-15-5-3-2-4-14(15)16/h2-11,20H,1H3. The highest BCUT2D eigenvalue weighted by atomic mass is 32.2. The van der Waals surface area contributed by atoms with Gasteiger partial charge in [0.2, 0.25) is 0 Å². The molecule has 0 unspecified atom stereocenters. The quantitative estimate of drug-likeness (QED) is 0.596. The molecule has 4 rings (SSSR count). The van der Waals surface area contributed by atoms with Crippen molar-refractivity contribution < 1.29 is 8.42 Å². The Kier molecular flexibility index (Phi) is 3.78. The fourth-order valence-electron chi connectivity index (χ4n) is 2.53. The van der Waals surface area contributed by atoms with Gasteiger partial charge >= 0.3 is 0 Å². The minimum atomic E-state index is -3.64. The summed E-state index contributed by atoms with van der Waals surface area (Å²) < 4.78 is 30.6. The van der Waals surface area contributed by atoms with Crippen LogP contribution >= 0.6 is 11.3 Å². The molecule has 6 nitrogen and oxygen atoms in total. The summed E-state index contributed by atoms with van der Waals surface area (Å²) in [7, 11) is -1.85. The third kappa shape index (κ3) is 3.01. The number of fused-ring (bicyclic) bond motifs is 1. The molecule has 0 saturated carbocycles. The smallest absolute Gasteiger partial charge is 0.263 e. The van der Waals surface area contributed by atoms with E-state index < -0.39 is 10.0 Å². The third-order valence-electron chi connectivity index (χ3n) is 3.73. The maximum atomic E-state index is 12.7. The molecule has 2 aromatic heterocycles. The van der Waals surface area contributed by atoms with E-state index in [1.54, 1.807) is 47.7 Å². The number of hydrogen-bond donors (Lipinski definition) is 1. The van der Waals surface area contributed by atoms with E-state index in [4.69, 9.17) is 0 Å². The highest BCUT2D eigenvalue weighted by Crippen LogP contribution is 2.30. The van der Waals surface area contributed by atoms with Crippen molar-refractivity contribution in [2.24, 2.45) is 7.05 Å². The Labute approximate surface area is 148 Å². The van der Waals surface area contributed by atoms with Gasteiger partial charge in [0.05, 0.1) is 0 Å². The van der Waals surface area contributed by atoms with Crippen molar-refractivity contribution in [2.45, 2.75) is 4.90 Å². The van der Waals surface area contributed by atoms with Crippen molar-refractivity contribution in [3.8, 4) is 11.4 Å². The highest BCUT2D eigenvalue weighted by molar-refractivity contribution is 7.93. The average molecular weight is 370 g/mol. The third-order valence-corrected chi connectivity index (χ3v) is 6.26. The molecule has 2 heterocycles. The van der Waals surface area contributed by atoms with Gasteiger partial charge in [0.25, 0.3) is 10.0 Å². The van der Waals surface area contributed by atoms with Gasteiger partial charge in [-0.3, -0.25) is 9.40 Å². The van der Waals surface area contributed by atoms with Crippen molar-refractivity contribution in [1.29, 1.82) is 0 Å². The van der Waals surface area contributed by atoms with Crippen molar-refractivity contribution in [3.05, 3.63) is 60.2 Å². The first kappa shape index (κ1) is 15.8. The van der Waals surface area contributed by atoms with E-state index >= 15 is 0 Å². The number of thiophene rings is 1. The van der Waals surface area contributed by atoms with Crippen LogP contribution in [0.25, 0.3) is 21.5 Å². The van der Waals surface area contributed by atoms with Crippen molar-refractivity contribution >= 4 is 37.1 Å². The molecular formula is C17H14N4O2S2. The van der Waals surface area contributed by atoms with Crippen LogP contribution in [-0.2, 0) is 17.1 Å². The highest BCUT2D eigenvalue weighted by Gasteiger charge is 2.19. The summed E-state index contributed by atoms with van der Waals surface area (Å²) in [6, 6.07) is 14.5. The summed E-state index contributed by atoms with van der Waals surface area (Å²) in [5.74, 6) is 0.598. The van der Waals surface area contributed by atoms with E-state index in [9.17, 15) is 8.42 Å². The van der Waals surface area contributed by atoms with Crippen LogP contribution in [-0.4, -0.2) is 23.2 Å². The summed E-state index contributed by atoms with van der Waals surface area (Å²) in [5.41, 5.74) is 1.32. The van der Waals surface area contributed by atoms with E-state index in [-0.39, 0.29) is 0 Å². The van der Waals surface area contributed by atoms with Gasteiger partial charge in [-0.25, -0.2) is 13.4 Å². The maximum absolute atomic E-state index is 12.7. The fourth-order valence-corrected chi connectivity index (χ4v) is 5.09. The van der Waals surface area contributed by atoms with Gasteiger partial charge in [0, 0.05) is 33.8 Å². The Morgan fingerprint density at radius 2 is 1.84 bits per heavy atom. The van der Waals surface area contributed by atoms with Crippen LogP contribution in [0, 0.1) is 0 Å². The lowest BCUT2D eigenvalue weighted by atomic mass is 10.2. The Bertz CT molecular complexity index is 1140.